The first-order chi connectivity index (χ1) is 13.4. The zero-order chi connectivity index (χ0) is 20.3. The average molecular weight is 388 g/mol. The largest absolute Gasteiger partial charge is 0.507 e. The Hall–Kier alpha value is -2.71. The van der Waals surface area contributed by atoms with Crippen molar-refractivity contribution in [1.29, 1.82) is 0 Å². The number of phenols is 1. The maximum Gasteiger partial charge on any atom is 0.224 e. The molecule has 0 saturated carbocycles. The monoisotopic (exact) mass is 388 g/mol. The highest BCUT2D eigenvalue weighted by Crippen LogP contribution is 2.29. The summed E-state index contributed by atoms with van der Waals surface area (Å²) >= 11 is 0. The number of aromatic hydroxyl groups is 1. The highest BCUT2D eigenvalue weighted by molar-refractivity contribution is 5.98. The van der Waals surface area contributed by atoms with Crippen LogP contribution >= 0.6 is 0 Å². The molecular weight excluding hydrogens is 364 g/mol. The zero-order valence-corrected chi connectivity index (χ0v) is 16.0. The number of ether oxygens (including phenoxy) is 1. The number of aldehydes is 1. The Balaban J connectivity index is 1.77. The zero-order valence-electron chi connectivity index (χ0n) is 16.0. The van der Waals surface area contributed by atoms with Gasteiger partial charge in [-0.25, -0.2) is 0 Å². The molecule has 2 heterocycles. The summed E-state index contributed by atoms with van der Waals surface area (Å²) in [5.41, 5.74) is 0.257. The number of phenolic OH excluding ortho intramolecular Hbond substituents is 1. The van der Waals surface area contributed by atoms with Crippen LogP contribution in [-0.4, -0.2) is 61.6 Å². The van der Waals surface area contributed by atoms with Gasteiger partial charge in [0.05, 0.1) is 30.6 Å². The fourth-order valence-electron chi connectivity index (χ4n) is 3.35. The van der Waals surface area contributed by atoms with E-state index >= 15 is 0 Å². The van der Waals surface area contributed by atoms with Crippen LogP contribution < -0.4 is 10.7 Å². The van der Waals surface area contributed by atoms with Crippen LogP contribution in [0.5, 0.6) is 5.75 Å². The van der Waals surface area contributed by atoms with Crippen LogP contribution in [0.3, 0.4) is 0 Å². The number of benzene rings is 1. The van der Waals surface area contributed by atoms with E-state index in [0.717, 1.165) is 19.6 Å². The smallest absolute Gasteiger partial charge is 0.224 e. The van der Waals surface area contributed by atoms with E-state index in [1.807, 2.05) is 0 Å². The maximum atomic E-state index is 12.9. The van der Waals surface area contributed by atoms with Gasteiger partial charge >= 0.3 is 0 Å². The molecule has 1 fully saturated rings. The number of nitrogens with one attached hydrogen (secondary N) is 1. The first-order valence-electron chi connectivity index (χ1n) is 9.23. The number of fused-ring (bicyclic) bond motifs is 1. The van der Waals surface area contributed by atoms with Gasteiger partial charge in [-0.2, -0.15) is 0 Å². The third-order valence-corrected chi connectivity index (χ3v) is 4.99. The topological polar surface area (TPSA) is 109 Å². The summed E-state index contributed by atoms with van der Waals surface area (Å²) in [5, 5.41) is 13.0. The van der Waals surface area contributed by atoms with Gasteiger partial charge in [-0.1, -0.05) is 0 Å². The molecule has 0 radical (unpaired) electrons. The van der Waals surface area contributed by atoms with Crippen LogP contribution in [0, 0.1) is 13.8 Å². The van der Waals surface area contributed by atoms with Gasteiger partial charge in [-0.3, -0.25) is 19.3 Å². The van der Waals surface area contributed by atoms with Crippen LogP contribution in [0.1, 0.15) is 27.2 Å². The number of amides is 1. The molecule has 3 rings (SSSR count). The Morgan fingerprint density at radius 3 is 2.71 bits per heavy atom. The maximum absolute atomic E-state index is 12.9. The second-order valence-corrected chi connectivity index (χ2v) is 6.90. The van der Waals surface area contributed by atoms with Crippen molar-refractivity contribution in [2.45, 2.75) is 20.3 Å². The Kier molecular flexibility index (Phi) is 6.11. The molecule has 1 saturated heterocycles. The number of morpholine rings is 1. The number of carbonyl (C=O) groups is 2. The first-order valence-corrected chi connectivity index (χ1v) is 9.23. The van der Waals surface area contributed by atoms with Crippen molar-refractivity contribution in [1.82, 2.24) is 10.2 Å². The minimum Gasteiger partial charge on any atom is -0.507 e. The number of carbonyl (C=O) groups excluding carboxylic acids is 2. The third kappa shape index (κ3) is 4.07. The van der Waals surface area contributed by atoms with Crippen LogP contribution in [0.2, 0.25) is 0 Å². The summed E-state index contributed by atoms with van der Waals surface area (Å²) < 4.78 is 10.9. The van der Waals surface area contributed by atoms with E-state index in [1.165, 1.54) is 6.07 Å². The van der Waals surface area contributed by atoms with Crippen molar-refractivity contribution in [2.24, 2.45) is 0 Å². The van der Waals surface area contributed by atoms with Crippen LogP contribution in [0.25, 0.3) is 11.0 Å². The van der Waals surface area contributed by atoms with Gasteiger partial charge in [0.1, 0.15) is 11.5 Å². The Morgan fingerprint density at radius 1 is 1.32 bits per heavy atom. The lowest BCUT2D eigenvalue weighted by Crippen LogP contribution is -2.41. The minimum absolute atomic E-state index is 0.0390. The van der Waals surface area contributed by atoms with Crippen LogP contribution in [0.4, 0.5) is 0 Å². The standard InChI is InChI=1S/C20H24N2O6/c1-12-9-15-19(26)14(13(2)28-20(15)16(11-23)18(12)25)10-17(24)21-3-4-22-5-7-27-8-6-22/h9,11,25H,3-8,10H2,1-2H3,(H,21,24). The fraction of sp³-hybridized carbons (Fsp3) is 0.450. The van der Waals surface area contributed by atoms with Gasteiger partial charge in [0.15, 0.2) is 17.3 Å². The number of hydrogen-bond acceptors (Lipinski definition) is 7. The molecule has 1 amide bonds. The molecule has 8 heteroatoms. The van der Waals surface area contributed by atoms with E-state index in [1.54, 1.807) is 13.8 Å². The summed E-state index contributed by atoms with van der Waals surface area (Å²) in [6.07, 6.45) is 0.356. The quantitative estimate of drug-likeness (QED) is 0.708. The Labute approximate surface area is 162 Å². The molecule has 1 aromatic carbocycles. The third-order valence-electron chi connectivity index (χ3n) is 4.99. The number of hydrogen-bond donors (Lipinski definition) is 2. The Bertz CT molecular complexity index is 960. The second kappa shape index (κ2) is 8.53. The van der Waals surface area contributed by atoms with Gasteiger partial charge in [-0.05, 0) is 25.5 Å². The van der Waals surface area contributed by atoms with E-state index in [9.17, 15) is 19.5 Å². The van der Waals surface area contributed by atoms with E-state index in [4.69, 9.17) is 9.15 Å². The lowest BCUT2D eigenvalue weighted by atomic mass is 10.0. The van der Waals surface area contributed by atoms with Gasteiger partial charge < -0.3 is 19.6 Å². The normalized spacial score (nSPS) is 14.9. The van der Waals surface area contributed by atoms with E-state index in [2.05, 4.69) is 10.2 Å². The van der Waals surface area contributed by atoms with E-state index < -0.39 is 0 Å². The van der Waals surface area contributed by atoms with Crippen LogP contribution in [-0.2, 0) is 16.0 Å². The molecular formula is C20H24N2O6. The van der Waals surface area contributed by atoms with Crippen molar-refractivity contribution in [3.8, 4) is 5.75 Å². The molecule has 0 bridgehead atoms. The average Bonchev–Trinajstić information content (AvgIpc) is 2.68. The second-order valence-electron chi connectivity index (χ2n) is 6.90. The summed E-state index contributed by atoms with van der Waals surface area (Å²) in [5.74, 6) is -0.222. The number of rotatable bonds is 6. The van der Waals surface area contributed by atoms with Gasteiger partial charge in [0.25, 0.3) is 0 Å². The SMILES string of the molecule is Cc1cc2c(=O)c(CC(=O)NCCN3CCOCC3)c(C)oc2c(C=O)c1O. The summed E-state index contributed by atoms with van der Waals surface area (Å²) in [6.45, 7) is 7.46. The molecule has 0 atom stereocenters. The highest BCUT2D eigenvalue weighted by atomic mass is 16.5. The van der Waals surface area contributed by atoms with Crippen molar-refractivity contribution < 1.29 is 23.8 Å². The van der Waals surface area contributed by atoms with Gasteiger partial charge in [-0.15, -0.1) is 0 Å². The van der Waals surface area contributed by atoms with Crippen molar-refractivity contribution in [3.63, 3.8) is 0 Å². The predicted molar refractivity (Wildman–Crippen MR) is 103 cm³/mol. The molecule has 0 unspecified atom stereocenters. The lowest BCUT2D eigenvalue weighted by Gasteiger charge is -2.26. The van der Waals surface area contributed by atoms with Crippen molar-refractivity contribution in [3.05, 3.63) is 38.7 Å². The molecule has 150 valence electrons. The number of aryl methyl sites for hydroxylation is 2. The molecule has 8 nitrogen and oxygen atoms in total. The predicted octanol–water partition coefficient (Wildman–Crippen LogP) is 0.919. The molecule has 0 aliphatic carbocycles. The summed E-state index contributed by atoms with van der Waals surface area (Å²) in [6, 6.07) is 1.47. The molecule has 1 aliphatic heterocycles. The number of nitrogens with zero attached hydrogens (tertiary/aromatic N) is 1. The highest BCUT2D eigenvalue weighted by Gasteiger charge is 2.20. The Morgan fingerprint density at radius 2 is 2.04 bits per heavy atom. The minimum atomic E-state index is -0.367. The summed E-state index contributed by atoms with van der Waals surface area (Å²) in [4.78, 5) is 38.7. The molecule has 0 spiro atoms. The summed E-state index contributed by atoms with van der Waals surface area (Å²) in [7, 11) is 0. The molecule has 2 N–H and O–H groups in total. The first kappa shape index (κ1) is 20.0. The molecule has 28 heavy (non-hydrogen) atoms. The molecule has 1 aromatic heterocycles. The van der Waals surface area contributed by atoms with Crippen molar-refractivity contribution in [2.75, 3.05) is 39.4 Å². The van der Waals surface area contributed by atoms with E-state index in [-0.39, 0.29) is 51.4 Å². The van der Waals surface area contributed by atoms with E-state index in [0.29, 0.717) is 31.6 Å². The lowest BCUT2D eigenvalue weighted by molar-refractivity contribution is -0.120. The van der Waals surface area contributed by atoms with Gasteiger partial charge in [0, 0.05) is 31.7 Å². The fourth-order valence-corrected chi connectivity index (χ4v) is 3.35. The van der Waals surface area contributed by atoms with Gasteiger partial charge in [0.2, 0.25) is 5.91 Å². The molecule has 1 aliphatic rings. The molecule has 2 aromatic rings. The van der Waals surface area contributed by atoms with Crippen molar-refractivity contribution >= 4 is 23.2 Å². The van der Waals surface area contributed by atoms with Crippen LogP contribution in [0.15, 0.2) is 15.3 Å².